The molecule has 3 rings (SSSR count). The summed E-state index contributed by atoms with van der Waals surface area (Å²) in [7, 11) is 0. The molecule has 25 heavy (non-hydrogen) atoms. The Morgan fingerprint density at radius 1 is 1.24 bits per heavy atom. The normalized spacial score (nSPS) is 35.7. The van der Waals surface area contributed by atoms with Gasteiger partial charge in [-0.05, 0) is 62.7 Å². The number of aliphatic hydroxyl groups is 2. The van der Waals surface area contributed by atoms with Gasteiger partial charge < -0.3 is 15.3 Å². The maximum atomic E-state index is 10.6. The highest BCUT2D eigenvalue weighted by Gasteiger charge is 2.45. The second-order valence-electron chi connectivity index (χ2n) is 8.28. The highest BCUT2D eigenvalue weighted by Crippen LogP contribution is 2.50. The van der Waals surface area contributed by atoms with Crippen LogP contribution < -0.4 is 0 Å². The smallest absolute Gasteiger partial charge is 0.303 e. The van der Waals surface area contributed by atoms with Crippen LogP contribution in [0.2, 0.25) is 0 Å². The average molecular weight is 348 g/mol. The minimum absolute atomic E-state index is 0.158. The molecule has 0 unspecified atom stereocenters. The van der Waals surface area contributed by atoms with Gasteiger partial charge in [-0.3, -0.25) is 4.79 Å². The summed E-state index contributed by atoms with van der Waals surface area (Å²) in [4.78, 5) is 10.6. The Bertz CT molecular complexity index is 518. The van der Waals surface area contributed by atoms with Crippen molar-refractivity contribution >= 4 is 5.97 Å². The number of rotatable bonds is 7. The molecule has 3 N–H and O–H groups in total. The van der Waals surface area contributed by atoms with Crippen molar-refractivity contribution in [2.24, 2.45) is 23.7 Å². The Labute approximate surface area is 150 Å². The second kappa shape index (κ2) is 8.50. The summed E-state index contributed by atoms with van der Waals surface area (Å²) in [6.07, 6.45) is 15.0. The number of aliphatic carboxylic acids is 1. The van der Waals surface area contributed by atoms with E-state index in [0.29, 0.717) is 24.2 Å². The molecule has 3 saturated carbocycles. The van der Waals surface area contributed by atoms with Gasteiger partial charge in [0.1, 0.15) is 0 Å². The summed E-state index contributed by atoms with van der Waals surface area (Å²) in [5.74, 6) is 0.854. The molecule has 0 bridgehead atoms. The highest BCUT2D eigenvalue weighted by molar-refractivity contribution is 5.66. The predicted octanol–water partition coefficient (Wildman–Crippen LogP) is 3.68. The first-order chi connectivity index (χ1) is 12.0. The van der Waals surface area contributed by atoms with Gasteiger partial charge in [0.15, 0.2) is 0 Å². The van der Waals surface area contributed by atoms with E-state index < -0.39 is 5.97 Å². The third kappa shape index (κ3) is 4.73. The van der Waals surface area contributed by atoms with Crippen molar-refractivity contribution in [1.82, 2.24) is 0 Å². The summed E-state index contributed by atoms with van der Waals surface area (Å²) >= 11 is 0. The Morgan fingerprint density at radius 2 is 2.00 bits per heavy atom. The Kier molecular flexibility index (Phi) is 6.34. The fourth-order valence-corrected chi connectivity index (χ4v) is 5.20. The largest absolute Gasteiger partial charge is 0.481 e. The number of hydrogen-bond acceptors (Lipinski definition) is 3. The number of hydrogen-bond donors (Lipinski definition) is 3. The van der Waals surface area contributed by atoms with Crippen LogP contribution in [0.25, 0.3) is 0 Å². The van der Waals surface area contributed by atoms with E-state index in [9.17, 15) is 15.0 Å². The Balaban J connectivity index is 1.53. The maximum absolute atomic E-state index is 10.6. The third-order valence-electron chi connectivity index (χ3n) is 6.55. The van der Waals surface area contributed by atoms with Crippen molar-refractivity contribution in [3.05, 3.63) is 23.8 Å². The summed E-state index contributed by atoms with van der Waals surface area (Å²) in [6.45, 7) is 0. The average Bonchev–Trinajstić information content (AvgIpc) is 3.26. The maximum Gasteiger partial charge on any atom is 0.303 e. The molecule has 0 aromatic rings. The molecule has 0 spiro atoms. The molecule has 4 nitrogen and oxygen atoms in total. The van der Waals surface area contributed by atoms with E-state index in [1.165, 1.54) is 18.4 Å². The number of allylic oxidation sites excluding steroid dienone is 2. The van der Waals surface area contributed by atoms with Gasteiger partial charge in [0.05, 0.1) is 12.2 Å². The molecular formula is C21H32O4. The van der Waals surface area contributed by atoms with Crippen LogP contribution in [0.3, 0.4) is 0 Å². The number of carboxylic acid groups (broad SMARTS) is 1. The molecule has 0 aliphatic heterocycles. The standard InChI is InChI=1S/C21H32O4/c22-19(15-6-2-3-7-15)10-9-17-18-12-14(5-1-4-8-21(24)25)11-16(18)13-20(17)23/h5,9-10,15-20,22-23H,1-4,6-8,11-13H2,(H,24,25)/b10-9+,14-5+/t16-,17+,18-,19+,20+/m1/s1. The molecule has 0 aromatic carbocycles. The number of unbranched alkanes of at least 4 members (excludes halogenated alkanes) is 1. The molecule has 3 aliphatic carbocycles. The van der Waals surface area contributed by atoms with Gasteiger partial charge in [-0.15, -0.1) is 0 Å². The number of fused-ring (bicyclic) bond motifs is 1. The van der Waals surface area contributed by atoms with Crippen LogP contribution in [0, 0.1) is 23.7 Å². The van der Waals surface area contributed by atoms with Gasteiger partial charge >= 0.3 is 5.97 Å². The topological polar surface area (TPSA) is 77.8 Å². The molecule has 4 heteroatoms. The van der Waals surface area contributed by atoms with Crippen molar-refractivity contribution < 1.29 is 20.1 Å². The lowest BCUT2D eigenvalue weighted by molar-refractivity contribution is -0.137. The fraction of sp³-hybridized carbons (Fsp3) is 0.762. The lowest BCUT2D eigenvalue weighted by Crippen LogP contribution is -2.19. The van der Waals surface area contributed by atoms with Gasteiger partial charge in [-0.1, -0.05) is 36.6 Å². The first-order valence-corrected chi connectivity index (χ1v) is 9.98. The lowest BCUT2D eigenvalue weighted by Gasteiger charge is -2.19. The van der Waals surface area contributed by atoms with Gasteiger partial charge in [-0.25, -0.2) is 0 Å². The first kappa shape index (κ1) is 18.7. The predicted molar refractivity (Wildman–Crippen MR) is 97.0 cm³/mol. The summed E-state index contributed by atoms with van der Waals surface area (Å²) in [6, 6.07) is 0. The van der Waals surface area contributed by atoms with Crippen LogP contribution >= 0.6 is 0 Å². The second-order valence-corrected chi connectivity index (χ2v) is 8.28. The molecule has 3 aliphatic rings. The highest BCUT2D eigenvalue weighted by atomic mass is 16.4. The molecule has 0 radical (unpaired) electrons. The molecule has 140 valence electrons. The minimum atomic E-state index is -0.726. The molecule has 3 fully saturated rings. The minimum Gasteiger partial charge on any atom is -0.481 e. The number of carboxylic acids is 1. The lowest BCUT2D eigenvalue weighted by atomic mass is 9.89. The Morgan fingerprint density at radius 3 is 2.72 bits per heavy atom. The van der Waals surface area contributed by atoms with Gasteiger partial charge in [0, 0.05) is 12.3 Å². The zero-order valence-electron chi connectivity index (χ0n) is 15.0. The van der Waals surface area contributed by atoms with E-state index in [-0.39, 0.29) is 24.5 Å². The molecule has 0 aromatic heterocycles. The van der Waals surface area contributed by atoms with Crippen molar-refractivity contribution in [2.75, 3.05) is 0 Å². The molecular weight excluding hydrogens is 316 g/mol. The number of aliphatic hydroxyl groups excluding tert-OH is 2. The van der Waals surface area contributed by atoms with Crippen LogP contribution in [-0.4, -0.2) is 33.5 Å². The molecule has 5 atom stereocenters. The van der Waals surface area contributed by atoms with E-state index in [2.05, 4.69) is 12.2 Å². The van der Waals surface area contributed by atoms with Crippen molar-refractivity contribution in [3.63, 3.8) is 0 Å². The van der Waals surface area contributed by atoms with E-state index in [0.717, 1.165) is 38.5 Å². The van der Waals surface area contributed by atoms with Crippen molar-refractivity contribution in [1.29, 1.82) is 0 Å². The third-order valence-corrected chi connectivity index (χ3v) is 6.55. The van der Waals surface area contributed by atoms with Crippen molar-refractivity contribution in [3.8, 4) is 0 Å². The number of carbonyl (C=O) groups is 1. The first-order valence-electron chi connectivity index (χ1n) is 9.98. The molecule has 0 heterocycles. The van der Waals surface area contributed by atoms with Crippen molar-refractivity contribution in [2.45, 2.75) is 76.4 Å². The monoisotopic (exact) mass is 348 g/mol. The van der Waals surface area contributed by atoms with Crippen LogP contribution in [0.1, 0.15) is 64.2 Å². The molecule has 0 saturated heterocycles. The quantitative estimate of drug-likeness (QED) is 0.484. The van der Waals surface area contributed by atoms with E-state index >= 15 is 0 Å². The summed E-state index contributed by atoms with van der Waals surface area (Å²) in [5.41, 5.74) is 1.43. The van der Waals surface area contributed by atoms with E-state index in [1.54, 1.807) is 0 Å². The van der Waals surface area contributed by atoms with Crippen LogP contribution in [0.15, 0.2) is 23.8 Å². The molecule has 0 amide bonds. The van der Waals surface area contributed by atoms with E-state index in [4.69, 9.17) is 5.11 Å². The fourth-order valence-electron chi connectivity index (χ4n) is 5.20. The zero-order chi connectivity index (χ0) is 17.8. The summed E-state index contributed by atoms with van der Waals surface area (Å²) in [5, 5.41) is 29.5. The van der Waals surface area contributed by atoms with Crippen LogP contribution in [0.5, 0.6) is 0 Å². The Hall–Kier alpha value is -1.13. The van der Waals surface area contributed by atoms with Gasteiger partial charge in [0.25, 0.3) is 0 Å². The van der Waals surface area contributed by atoms with Crippen LogP contribution in [0.4, 0.5) is 0 Å². The SMILES string of the molecule is O=C(O)CCC/C=C1\C[C@@H]2C[C@H](O)[C@@H](/C=C/[C@H](O)C3CCCC3)[C@@H]2C1. The van der Waals surface area contributed by atoms with Crippen LogP contribution in [-0.2, 0) is 4.79 Å². The van der Waals surface area contributed by atoms with Gasteiger partial charge in [-0.2, -0.15) is 0 Å². The van der Waals surface area contributed by atoms with Gasteiger partial charge in [0.2, 0.25) is 0 Å². The summed E-state index contributed by atoms with van der Waals surface area (Å²) < 4.78 is 0. The zero-order valence-corrected chi connectivity index (χ0v) is 15.0. The van der Waals surface area contributed by atoms with E-state index in [1.807, 2.05) is 6.08 Å².